The summed E-state index contributed by atoms with van der Waals surface area (Å²) in [6.07, 6.45) is 3.20. The second-order valence-electron chi connectivity index (χ2n) is 8.46. The minimum Gasteiger partial charge on any atom is -0.338 e. The summed E-state index contributed by atoms with van der Waals surface area (Å²) in [6, 6.07) is 33.8. The van der Waals surface area contributed by atoms with Crippen LogP contribution >= 0.6 is 0 Å². The van der Waals surface area contributed by atoms with E-state index in [2.05, 4.69) is 70.6 Å². The first-order valence-corrected chi connectivity index (χ1v) is 11.4. The van der Waals surface area contributed by atoms with Gasteiger partial charge in [0, 0.05) is 11.1 Å². The summed E-state index contributed by atoms with van der Waals surface area (Å²) in [5, 5.41) is 0. The van der Waals surface area contributed by atoms with Crippen LogP contribution < -0.4 is 0 Å². The third-order valence-corrected chi connectivity index (χ3v) is 6.14. The van der Waals surface area contributed by atoms with Crippen molar-refractivity contribution in [1.82, 2.24) is 19.9 Å². The highest BCUT2D eigenvalue weighted by Gasteiger charge is 2.07. The monoisotopic (exact) mass is 428 g/mol. The van der Waals surface area contributed by atoms with Gasteiger partial charge in [0.05, 0.1) is 22.1 Å². The van der Waals surface area contributed by atoms with Gasteiger partial charge < -0.3 is 9.97 Å². The number of aromatic nitrogens is 4. The van der Waals surface area contributed by atoms with E-state index in [-0.39, 0.29) is 0 Å². The molecule has 4 aromatic carbocycles. The molecule has 0 aliphatic carbocycles. The molecule has 0 aliphatic rings. The number of rotatable bonds is 6. The van der Waals surface area contributed by atoms with Gasteiger partial charge in [-0.25, -0.2) is 9.97 Å². The molecule has 0 bridgehead atoms. The minimum absolute atomic E-state index is 0.921. The predicted octanol–water partition coefficient (Wildman–Crippen LogP) is 6.95. The number of nitrogens with zero attached hydrogens (tertiary/aromatic N) is 2. The van der Waals surface area contributed by atoms with Crippen molar-refractivity contribution in [1.29, 1.82) is 0 Å². The average molecular weight is 429 g/mol. The zero-order valence-corrected chi connectivity index (χ0v) is 18.3. The summed E-state index contributed by atoms with van der Waals surface area (Å²) in [4.78, 5) is 16.3. The van der Waals surface area contributed by atoms with Gasteiger partial charge >= 0.3 is 0 Å². The zero-order valence-electron chi connectivity index (χ0n) is 18.3. The van der Waals surface area contributed by atoms with E-state index in [4.69, 9.17) is 9.97 Å². The van der Waals surface area contributed by atoms with Crippen molar-refractivity contribution < 1.29 is 0 Å². The number of benzene rings is 4. The Kier molecular flexibility index (Phi) is 4.96. The Morgan fingerprint density at radius 2 is 1.12 bits per heavy atom. The van der Waals surface area contributed by atoms with E-state index in [1.807, 2.05) is 36.4 Å². The molecular formula is C29H24N4. The highest BCUT2D eigenvalue weighted by molar-refractivity contribution is 5.80. The molecule has 6 rings (SSSR count). The summed E-state index contributed by atoms with van der Waals surface area (Å²) in [7, 11) is 0. The Morgan fingerprint density at radius 1 is 0.515 bits per heavy atom. The summed E-state index contributed by atoms with van der Waals surface area (Å²) in [5.41, 5.74) is 9.10. The Balaban J connectivity index is 1.11. The Morgan fingerprint density at radius 3 is 1.79 bits per heavy atom. The van der Waals surface area contributed by atoms with Crippen LogP contribution in [0.25, 0.3) is 44.8 Å². The first-order chi connectivity index (χ1) is 16.3. The van der Waals surface area contributed by atoms with Crippen LogP contribution in [0.15, 0.2) is 97.1 Å². The molecule has 2 aromatic heterocycles. The smallest absolute Gasteiger partial charge is 0.138 e. The Labute approximate surface area is 192 Å². The molecule has 0 unspecified atom stereocenters. The molecule has 0 fully saturated rings. The molecule has 0 spiro atoms. The fourth-order valence-corrected chi connectivity index (χ4v) is 4.38. The number of aryl methyl sites for hydroxylation is 2. The third kappa shape index (κ3) is 4.03. The van der Waals surface area contributed by atoms with E-state index in [0.717, 1.165) is 64.1 Å². The molecule has 0 saturated carbocycles. The fraction of sp³-hybridized carbons (Fsp3) is 0.103. The molecule has 0 saturated heterocycles. The number of hydrogen-bond donors (Lipinski definition) is 2. The second kappa shape index (κ2) is 8.40. The standard InChI is InChI=1S/C29H24N4/c1-2-12-25-24(11-1)30-28(31-25)22-17-15-20(16-18-22)7-5-8-21-9-6-10-23(19-21)29-32-26-13-3-4-14-27(26)33-29/h1-4,6,9-19H,5,7-8H2,(H,30,31)(H,32,33). The summed E-state index contributed by atoms with van der Waals surface area (Å²) in [5.74, 6) is 1.85. The van der Waals surface area contributed by atoms with Crippen LogP contribution in [0.3, 0.4) is 0 Å². The zero-order chi connectivity index (χ0) is 22.0. The number of hydrogen-bond acceptors (Lipinski definition) is 2. The largest absolute Gasteiger partial charge is 0.338 e. The van der Waals surface area contributed by atoms with Gasteiger partial charge in [0.25, 0.3) is 0 Å². The number of aromatic amines is 2. The summed E-state index contributed by atoms with van der Waals surface area (Å²) in [6.45, 7) is 0. The summed E-state index contributed by atoms with van der Waals surface area (Å²) >= 11 is 0. The SMILES string of the molecule is c1cc(CCCc2ccc(-c3nc4ccccc4[nH]3)cc2)cc(-c2nc3ccccc3[nH]2)c1. The molecule has 0 radical (unpaired) electrons. The number of para-hydroxylation sites is 4. The van der Waals surface area contributed by atoms with Gasteiger partial charge in [-0.15, -0.1) is 0 Å². The summed E-state index contributed by atoms with van der Waals surface area (Å²) < 4.78 is 0. The molecule has 33 heavy (non-hydrogen) atoms. The predicted molar refractivity (Wildman–Crippen MR) is 135 cm³/mol. The van der Waals surface area contributed by atoms with Crippen LogP contribution in [-0.4, -0.2) is 19.9 Å². The van der Waals surface area contributed by atoms with E-state index in [1.54, 1.807) is 0 Å². The number of H-pyrrole nitrogens is 2. The lowest BCUT2D eigenvalue weighted by Gasteiger charge is -2.05. The van der Waals surface area contributed by atoms with E-state index < -0.39 is 0 Å². The molecule has 0 atom stereocenters. The Hall–Kier alpha value is -4.18. The van der Waals surface area contributed by atoms with E-state index in [9.17, 15) is 0 Å². The molecule has 2 heterocycles. The van der Waals surface area contributed by atoms with Crippen molar-refractivity contribution in [3.63, 3.8) is 0 Å². The minimum atomic E-state index is 0.921. The van der Waals surface area contributed by atoms with Crippen LogP contribution in [0.5, 0.6) is 0 Å². The molecule has 0 aliphatic heterocycles. The van der Waals surface area contributed by atoms with Gasteiger partial charge in [-0.2, -0.15) is 0 Å². The fourth-order valence-electron chi connectivity index (χ4n) is 4.38. The normalized spacial score (nSPS) is 11.4. The van der Waals surface area contributed by atoms with Crippen molar-refractivity contribution in [3.05, 3.63) is 108 Å². The maximum absolute atomic E-state index is 4.74. The van der Waals surface area contributed by atoms with Gasteiger partial charge in [0.1, 0.15) is 11.6 Å². The van der Waals surface area contributed by atoms with Crippen molar-refractivity contribution in [2.24, 2.45) is 0 Å². The van der Waals surface area contributed by atoms with Crippen molar-refractivity contribution in [3.8, 4) is 22.8 Å². The number of nitrogens with one attached hydrogen (secondary N) is 2. The molecule has 6 aromatic rings. The highest BCUT2D eigenvalue weighted by atomic mass is 14.9. The van der Waals surface area contributed by atoms with Crippen molar-refractivity contribution in [2.45, 2.75) is 19.3 Å². The van der Waals surface area contributed by atoms with Gasteiger partial charge in [-0.05, 0) is 60.7 Å². The molecule has 4 nitrogen and oxygen atoms in total. The van der Waals surface area contributed by atoms with Crippen molar-refractivity contribution >= 4 is 22.1 Å². The van der Waals surface area contributed by atoms with Gasteiger partial charge in [-0.1, -0.05) is 66.7 Å². The molecule has 4 heteroatoms. The highest BCUT2D eigenvalue weighted by Crippen LogP contribution is 2.23. The first kappa shape index (κ1) is 19.5. The molecule has 160 valence electrons. The van der Waals surface area contributed by atoms with E-state index in [1.165, 1.54) is 11.1 Å². The lowest BCUT2D eigenvalue weighted by molar-refractivity contribution is 0.821. The van der Waals surface area contributed by atoms with Crippen LogP contribution in [0.4, 0.5) is 0 Å². The second-order valence-corrected chi connectivity index (χ2v) is 8.46. The van der Waals surface area contributed by atoms with Gasteiger partial charge in [0.15, 0.2) is 0 Å². The number of fused-ring (bicyclic) bond motifs is 2. The topological polar surface area (TPSA) is 57.4 Å². The Bertz CT molecular complexity index is 1470. The van der Waals surface area contributed by atoms with Crippen LogP contribution in [0, 0.1) is 0 Å². The first-order valence-electron chi connectivity index (χ1n) is 11.4. The third-order valence-electron chi connectivity index (χ3n) is 6.14. The molecular weight excluding hydrogens is 404 g/mol. The molecule has 0 amide bonds. The lowest BCUT2D eigenvalue weighted by Crippen LogP contribution is -1.92. The maximum atomic E-state index is 4.74. The van der Waals surface area contributed by atoms with Gasteiger partial charge in [-0.3, -0.25) is 0 Å². The lowest BCUT2D eigenvalue weighted by atomic mass is 10.0. The van der Waals surface area contributed by atoms with Gasteiger partial charge in [0.2, 0.25) is 0 Å². The van der Waals surface area contributed by atoms with E-state index in [0.29, 0.717) is 0 Å². The maximum Gasteiger partial charge on any atom is 0.138 e. The average Bonchev–Trinajstić information content (AvgIpc) is 3.49. The van der Waals surface area contributed by atoms with Crippen LogP contribution in [0.1, 0.15) is 17.5 Å². The molecule has 2 N–H and O–H groups in total. The number of imidazole rings is 2. The van der Waals surface area contributed by atoms with Crippen LogP contribution in [-0.2, 0) is 12.8 Å². The quantitative estimate of drug-likeness (QED) is 0.302. The van der Waals surface area contributed by atoms with Crippen molar-refractivity contribution in [2.75, 3.05) is 0 Å². The van der Waals surface area contributed by atoms with Crippen LogP contribution in [0.2, 0.25) is 0 Å². The van der Waals surface area contributed by atoms with E-state index >= 15 is 0 Å².